The number of rotatable bonds is 4. The van der Waals surface area contributed by atoms with E-state index in [0.717, 1.165) is 0 Å². The molecule has 25 heavy (non-hydrogen) atoms. The average molecular weight is 334 g/mol. The van der Waals surface area contributed by atoms with E-state index in [0.29, 0.717) is 22.6 Å². The van der Waals surface area contributed by atoms with Gasteiger partial charge in [0.2, 0.25) is 0 Å². The highest BCUT2D eigenvalue weighted by atomic mass is 16.5. The van der Waals surface area contributed by atoms with E-state index in [-0.39, 0.29) is 0 Å². The molecule has 0 atom stereocenters. The molecule has 0 aliphatic heterocycles. The van der Waals surface area contributed by atoms with E-state index in [1.807, 2.05) is 12.1 Å². The third-order valence-corrected chi connectivity index (χ3v) is 3.43. The molecule has 0 amide bonds. The van der Waals surface area contributed by atoms with Crippen LogP contribution >= 0.6 is 0 Å². The molecule has 0 saturated heterocycles. The SMILES string of the molecule is CC(=O)Oc1ccc(C(C#N)(C#N)c2ccc(OC(C)=O)cc2)cc1. The predicted octanol–water partition coefficient (Wildman–Crippen LogP) is 2.87. The maximum atomic E-state index is 11.0. The van der Waals surface area contributed by atoms with E-state index in [2.05, 4.69) is 0 Å². The molecule has 0 heterocycles. The number of benzene rings is 2. The Morgan fingerprint density at radius 3 is 1.32 bits per heavy atom. The molecule has 0 aliphatic carbocycles. The first kappa shape index (κ1) is 17.7. The van der Waals surface area contributed by atoms with Crippen LogP contribution in [0.25, 0.3) is 0 Å². The molecule has 6 nitrogen and oxygen atoms in total. The Hall–Kier alpha value is -3.64. The molecular formula is C19H14N2O4. The summed E-state index contributed by atoms with van der Waals surface area (Å²) < 4.78 is 9.91. The summed E-state index contributed by atoms with van der Waals surface area (Å²) in [5, 5.41) is 19.3. The summed E-state index contributed by atoms with van der Waals surface area (Å²) in [6, 6.07) is 16.4. The molecule has 6 heteroatoms. The van der Waals surface area contributed by atoms with Crippen molar-refractivity contribution in [1.29, 1.82) is 10.5 Å². The first-order valence-electron chi connectivity index (χ1n) is 7.31. The van der Waals surface area contributed by atoms with Crippen molar-refractivity contribution in [3.63, 3.8) is 0 Å². The van der Waals surface area contributed by atoms with Crippen molar-refractivity contribution >= 4 is 11.9 Å². The van der Waals surface area contributed by atoms with Gasteiger partial charge in [0.25, 0.3) is 0 Å². The Bertz CT molecular complexity index is 796. The zero-order valence-electron chi connectivity index (χ0n) is 13.6. The van der Waals surface area contributed by atoms with Crippen LogP contribution in [0.2, 0.25) is 0 Å². The molecule has 2 aromatic carbocycles. The van der Waals surface area contributed by atoms with Crippen molar-refractivity contribution in [1.82, 2.24) is 0 Å². The fraction of sp³-hybridized carbons (Fsp3) is 0.158. The van der Waals surface area contributed by atoms with Crippen molar-refractivity contribution in [2.24, 2.45) is 0 Å². The molecule has 2 aromatic rings. The van der Waals surface area contributed by atoms with Gasteiger partial charge in [-0.15, -0.1) is 0 Å². The molecule has 0 radical (unpaired) electrons. The van der Waals surface area contributed by atoms with Gasteiger partial charge >= 0.3 is 11.9 Å². The maximum absolute atomic E-state index is 11.0. The lowest BCUT2D eigenvalue weighted by molar-refractivity contribution is -0.132. The molecule has 0 fully saturated rings. The first-order chi connectivity index (χ1) is 11.9. The number of ether oxygens (including phenoxy) is 2. The number of hydrogen-bond donors (Lipinski definition) is 0. The topological polar surface area (TPSA) is 100 Å². The van der Waals surface area contributed by atoms with Crippen molar-refractivity contribution in [2.45, 2.75) is 19.3 Å². The van der Waals surface area contributed by atoms with Gasteiger partial charge in [0.15, 0.2) is 5.41 Å². The van der Waals surface area contributed by atoms with Gasteiger partial charge in [-0.05, 0) is 35.4 Å². The lowest BCUT2D eigenvalue weighted by Crippen LogP contribution is -2.23. The second-order valence-electron chi connectivity index (χ2n) is 5.21. The van der Waals surface area contributed by atoms with Crippen LogP contribution in [0.1, 0.15) is 25.0 Å². The van der Waals surface area contributed by atoms with Gasteiger partial charge in [0.1, 0.15) is 11.5 Å². The van der Waals surface area contributed by atoms with Crippen LogP contribution in [-0.4, -0.2) is 11.9 Å². The molecule has 2 rings (SSSR count). The van der Waals surface area contributed by atoms with Crippen molar-refractivity contribution in [2.75, 3.05) is 0 Å². The molecule has 0 saturated carbocycles. The van der Waals surface area contributed by atoms with Crippen LogP contribution in [0.3, 0.4) is 0 Å². The van der Waals surface area contributed by atoms with Crippen LogP contribution < -0.4 is 9.47 Å². The van der Waals surface area contributed by atoms with Gasteiger partial charge < -0.3 is 9.47 Å². The van der Waals surface area contributed by atoms with E-state index in [1.165, 1.54) is 38.1 Å². The Morgan fingerprint density at radius 2 is 1.08 bits per heavy atom. The third kappa shape index (κ3) is 3.82. The van der Waals surface area contributed by atoms with Gasteiger partial charge in [-0.2, -0.15) is 10.5 Å². The Labute approximate surface area is 144 Å². The van der Waals surface area contributed by atoms with Crippen molar-refractivity contribution in [3.05, 3.63) is 59.7 Å². The van der Waals surface area contributed by atoms with Crippen molar-refractivity contribution < 1.29 is 19.1 Å². The second kappa shape index (κ2) is 7.29. The summed E-state index contributed by atoms with van der Waals surface area (Å²) >= 11 is 0. The molecule has 0 N–H and O–H groups in total. The van der Waals surface area contributed by atoms with Gasteiger partial charge in [0, 0.05) is 13.8 Å². The Morgan fingerprint density at radius 1 is 0.760 bits per heavy atom. The molecule has 0 bridgehead atoms. The fourth-order valence-corrected chi connectivity index (χ4v) is 2.33. The standard InChI is InChI=1S/C19H14N2O4/c1-13(22)24-17-7-3-15(4-8-17)19(11-20,12-21)16-5-9-18(10-6-16)25-14(2)23/h3-10H,1-2H3. The zero-order chi connectivity index (χ0) is 18.4. The van der Waals surface area contributed by atoms with Crippen LogP contribution in [0.5, 0.6) is 11.5 Å². The summed E-state index contributed by atoms with van der Waals surface area (Å²) in [5.74, 6) is -0.265. The van der Waals surface area contributed by atoms with E-state index < -0.39 is 17.4 Å². The predicted molar refractivity (Wildman–Crippen MR) is 87.5 cm³/mol. The number of hydrogen-bond acceptors (Lipinski definition) is 6. The van der Waals surface area contributed by atoms with E-state index in [9.17, 15) is 20.1 Å². The van der Waals surface area contributed by atoms with Gasteiger partial charge in [-0.3, -0.25) is 9.59 Å². The monoisotopic (exact) mass is 334 g/mol. The first-order valence-corrected chi connectivity index (χ1v) is 7.31. The highest BCUT2D eigenvalue weighted by Gasteiger charge is 2.35. The van der Waals surface area contributed by atoms with Crippen LogP contribution in [0.4, 0.5) is 0 Å². The minimum Gasteiger partial charge on any atom is -0.427 e. The Kier molecular flexibility index (Phi) is 5.16. The average Bonchev–Trinajstić information content (AvgIpc) is 2.58. The van der Waals surface area contributed by atoms with E-state index in [1.54, 1.807) is 24.3 Å². The van der Waals surface area contributed by atoms with E-state index >= 15 is 0 Å². The lowest BCUT2D eigenvalue weighted by atomic mass is 9.77. The Balaban J connectivity index is 2.42. The number of nitriles is 2. The van der Waals surface area contributed by atoms with Gasteiger partial charge in [0.05, 0.1) is 12.1 Å². The lowest BCUT2D eigenvalue weighted by Gasteiger charge is -2.20. The molecular weight excluding hydrogens is 320 g/mol. The summed E-state index contributed by atoms with van der Waals surface area (Å²) in [4.78, 5) is 21.9. The van der Waals surface area contributed by atoms with Crippen LogP contribution in [0, 0.1) is 22.7 Å². The smallest absolute Gasteiger partial charge is 0.308 e. The highest BCUT2D eigenvalue weighted by Crippen LogP contribution is 2.33. The van der Waals surface area contributed by atoms with Gasteiger partial charge in [-0.25, -0.2) is 0 Å². The zero-order valence-corrected chi connectivity index (χ0v) is 13.6. The fourth-order valence-electron chi connectivity index (χ4n) is 2.33. The molecule has 0 aliphatic rings. The number of carbonyl (C=O) groups excluding carboxylic acids is 2. The molecule has 0 aromatic heterocycles. The summed E-state index contributed by atoms with van der Waals surface area (Å²) in [6.45, 7) is 2.57. The minimum atomic E-state index is -1.54. The molecule has 0 unspecified atom stereocenters. The van der Waals surface area contributed by atoms with Crippen LogP contribution in [-0.2, 0) is 15.0 Å². The largest absolute Gasteiger partial charge is 0.427 e. The number of carbonyl (C=O) groups is 2. The molecule has 124 valence electrons. The maximum Gasteiger partial charge on any atom is 0.308 e. The minimum absolute atomic E-state index is 0.325. The van der Waals surface area contributed by atoms with Crippen LogP contribution in [0.15, 0.2) is 48.5 Å². The summed E-state index contributed by atoms with van der Waals surface area (Å²) in [7, 11) is 0. The van der Waals surface area contributed by atoms with Crippen molar-refractivity contribution in [3.8, 4) is 23.6 Å². The number of esters is 2. The summed E-state index contributed by atoms with van der Waals surface area (Å²) in [5.41, 5.74) is -0.661. The summed E-state index contributed by atoms with van der Waals surface area (Å²) in [6.07, 6.45) is 0. The van der Waals surface area contributed by atoms with E-state index in [4.69, 9.17) is 9.47 Å². The third-order valence-electron chi connectivity index (χ3n) is 3.43. The normalized spacial score (nSPS) is 10.2. The van der Waals surface area contributed by atoms with Gasteiger partial charge in [-0.1, -0.05) is 24.3 Å². The highest BCUT2D eigenvalue weighted by molar-refractivity contribution is 5.70. The number of nitrogens with zero attached hydrogens (tertiary/aromatic N) is 2. The molecule has 0 spiro atoms. The second-order valence-corrected chi connectivity index (χ2v) is 5.21. The quantitative estimate of drug-likeness (QED) is 0.629.